The lowest BCUT2D eigenvalue weighted by atomic mass is 10.1. The first-order valence-corrected chi connectivity index (χ1v) is 8.37. The summed E-state index contributed by atoms with van der Waals surface area (Å²) in [6.45, 7) is 1.86. The van der Waals surface area contributed by atoms with Gasteiger partial charge in [-0.3, -0.25) is 20.2 Å². The minimum absolute atomic E-state index is 0.0883. The van der Waals surface area contributed by atoms with Gasteiger partial charge < -0.3 is 0 Å². The molecule has 0 aliphatic rings. The third-order valence-electron chi connectivity index (χ3n) is 4.08. The molecule has 4 rings (SSSR count). The Bertz CT molecular complexity index is 1190. The molecule has 0 bridgehead atoms. The van der Waals surface area contributed by atoms with Crippen molar-refractivity contribution < 1.29 is 9.72 Å². The van der Waals surface area contributed by atoms with Gasteiger partial charge in [0.2, 0.25) is 0 Å². The number of fused-ring (bicyclic) bond motifs is 1. The molecule has 0 aliphatic heterocycles. The number of nitrogens with one attached hydrogen (secondary N) is 1. The van der Waals surface area contributed by atoms with Crippen LogP contribution in [0.3, 0.4) is 0 Å². The van der Waals surface area contributed by atoms with E-state index in [1.54, 1.807) is 4.52 Å². The molecule has 0 radical (unpaired) electrons. The van der Waals surface area contributed by atoms with Gasteiger partial charge in [-0.2, -0.15) is 9.50 Å². The number of nitro groups is 1. The number of anilines is 1. The lowest BCUT2D eigenvalue weighted by Gasteiger charge is -2.04. The molecule has 1 amide bonds. The average molecular weight is 374 g/mol. The number of aryl methyl sites for hydroxylation is 1. The van der Waals surface area contributed by atoms with Crippen molar-refractivity contribution in [1.82, 2.24) is 19.6 Å². The molecule has 138 valence electrons. The summed E-state index contributed by atoms with van der Waals surface area (Å²) in [5, 5.41) is 17.7. The SMILES string of the molecule is Cc1cc(-c2ccccc2)n2nc(NC(=O)c3ccc([N+](=O)[O-])cc3)nc2n1. The molecule has 2 aromatic carbocycles. The van der Waals surface area contributed by atoms with Gasteiger partial charge in [-0.25, -0.2) is 4.98 Å². The van der Waals surface area contributed by atoms with Crippen LogP contribution in [0, 0.1) is 17.0 Å². The fourth-order valence-electron chi connectivity index (χ4n) is 2.76. The number of benzene rings is 2. The Labute approximate surface area is 158 Å². The molecule has 0 spiro atoms. The third-order valence-corrected chi connectivity index (χ3v) is 4.08. The number of aromatic nitrogens is 4. The number of hydrogen-bond acceptors (Lipinski definition) is 6. The molecule has 2 heterocycles. The van der Waals surface area contributed by atoms with Gasteiger partial charge >= 0.3 is 0 Å². The molecule has 9 nitrogen and oxygen atoms in total. The molecule has 0 unspecified atom stereocenters. The Morgan fingerprint density at radius 2 is 1.79 bits per heavy atom. The van der Waals surface area contributed by atoms with Crippen LogP contribution in [-0.4, -0.2) is 30.4 Å². The Balaban J connectivity index is 1.66. The van der Waals surface area contributed by atoms with Gasteiger partial charge in [-0.1, -0.05) is 30.3 Å². The van der Waals surface area contributed by atoms with Crippen molar-refractivity contribution in [2.75, 3.05) is 5.32 Å². The first-order chi connectivity index (χ1) is 13.5. The second-order valence-electron chi connectivity index (χ2n) is 6.05. The molecule has 0 saturated heterocycles. The summed E-state index contributed by atoms with van der Waals surface area (Å²) < 4.78 is 1.56. The van der Waals surface area contributed by atoms with Crippen molar-refractivity contribution in [1.29, 1.82) is 0 Å². The fourth-order valence-corrected chi connectivity index (χ4v) is 2.76. The van der Waals surface area contributed by atoms with E-state index in [4.69, 9.17) is 0 Å². The minimum atomic E-state index is -0.523. The molecule has 28 heavy (non-hydrogen) atoms. The monoisotopic (exact) mass is 374 g/mol. The van der Waals surface area contributed by atoms with Crippen molar-refractivity contribution in [2.45, 2.75) is 6.92 Å². The van der Waals surface area contributed by atoms with E-state index in [-0.39, 0.29) is 17.2 Å². The Morgan fingerprint density at radius 1 is 1.07 bits per heavy atom. The molecule has 2 aromatic heterocycles. The summed E-state index contributed by atoms with van der Waals surface area (Å²) in [4.78, 5) is 31.2. The van der Waals surface area contributed by atoms with E-state index >= 15 is 0 Å². The number of rotatable bonds is 4. The zero-order valence-corrected chi connectivity index (χ0v) is 14.7. The van der Waals surface area contributed by atoms with Gasteiger partial charge in [0.15, 0.2) is 0 Å². The first kappa shape index (κ1) is 17.3. The largest absolute Gasteiger partial charge is 0.289 e. The van der Waals surface area contributed by atoms with Crippen LogP contribution in [0.15, 0.2) is 60.7 Å². The number of carbonyl (C=O) groups is 1. The van der Waals surface area contributed by atoms with Crippen molar-refractivity contribution in [3.05, 3.63) is 82.0 Å². The first-order valence-electron chi connectivity index (χ1n) is 8.37. The molecule has 0 fully saturated rings. The van der Waals surface area contributed by atoms with Crippen LogP contribution < -0.4 is 5.32 Å². The van der Waals surface area contributed by atoms with Gasteiger partial charge in [0.1, 0.15) is 0 Å². The van der Waals surface area contributed by atoms with Gasteiger partial charge in [0.05, 0.1) is 10.6 Å². The number of hydrogen-bond donors (Lipinski definition) is 1. The quantitative estimate of drug-likeness (QED) is 0.433. The maximum atomic E-state index is 12.4. The van der Waals surface area contributed by atoms with E-state index in [0.717, 1.165) is 17.0 Å². The Hall–Kier alpha value is -4.14. The highest BCUT2D eigenvalue weighted by molar-refractivity contribution is 6.03. The molecule has 0 atom stereocenters. The molecule has 1 N–H and O–H groups in total. The summed E-state index contributed by atoms with van der Waals surface area (Å²) >= 11 is 0. The Kier molecular flexibility index (Phi) is 4.24. The predicted octanol–water partition coefficient (Wildman–Crippen LogP) is 3.26. The molecular weight excluding hydrogens is 360 g/mol. The van der Waals surface area contributed by atoms with Crippen molar-refractivity contribution >= 4 is 23.3 Å². The van der Waals surface area contributed by atoms with E-state index in [1.165, 1.54) is 24.3 Å². The van der Waals surface area contributed by atoms with Gasteiger partial charge in [-0.05, 0) is 25.1 Å². The fraction of sp³-hybridized carbons (Fsp3) is 0.0526. The summed E-state index contributed by atoms with van der Waals surface area (Å²) in [7, 11) is 0. The number of nitrogens with zero attached hydrogens (tertiary/aromatic N) is 5. The Morgan fingerprint density at radius 3 is 2.46 bits per heavy atom. The van der Waals surface area contributed by atoms with Gasteiger partial charge in [0.25, 0.3) is 23.3 Å². The van der Waals surface area contributed by atoms with Gasteiger partial charge in [-0.15, -0.1) is 5.10 Å². The van der Waals surface area contributed by atoms with Gasteiger partial charge in [0, 0.05) is 29.0 Å². The minimum Gasteiger partial charge on any atom is -0.289 e. The number of carbonyl (C=O) groups excluding carboxylic acids is 1. The average Bonchev–Trinajstić information content (AvgIpc) is 3.10. The maximum Gasteiger partial charge on any atom is 0.269 e. The normalized spacial score (nSPS) is 10.8. The van der Waals surface area contributed by atoms with E-state index in [2.05, 4.69) is 20.4 Å². The highest BCUT2D eigenvalue weighted by Gasteiger charge is 2.15. The van der Waals surface area contributed by atoms with E-state index < -0.39 is 10.8 Å². The van der Waals surface area contributed by atoms with Crippen molar-refractivity contribution in [3.63, 3.8) is 0 Å². The van der Waals surface area contributed by atoms with Crippen molar-refractivity contribution in [2.24, 2.45) is 0 Å². The molecule has 0 aliphatic carbocycles. The van der Waals surface area contributed by atoms with Crippen LogP contribution in [0.5, 0.6) is 0 Å². The number of nitro benzene ring substituents is 1. The molecule has 0 saturated carbocycles. The van der Waals surface area contributed by atoms with E-state index in [0.29, 0.717) is 5.78 Å². The summed E-state index contributed by atoms with van der Waals surface area (Å²) in [5.41, 5.74) is 2.68. The molecular formula is C19H14N6O3. The predicted molar refractivity (Wildman–Crippen MR) is 102 cm³/mol. The van der Waals surface area contributed by atoms with Crippen molar-refractivity contribution in [3.8, 4) is 11.3 Å². The van der Waals surface area contributed by atoms with Crippen LogP contribution in [0.4, 0.5) is 11.6 Å². The highest BCUT2D eigenvalue weighted by atomic mass is 16.6. The van der Waals surface area contributed by atoms with Crippen LogP contribution in [0.1, 0.15) is 16.1 Å². The molecule has 9 heteroatoms. The van der Waals surface area contributed by atoms with Crippen LogP contribution in [-0.2, 0) is 0 Å². The van der Waals surface area contributed by atoms with Crippen LogP contribution in [0.2, 0.25) is 0 Å². The maximum absolute atomic E-state index is 12.4. The molecule has 4 aromatic rings. The zero-order valence-electron chi connectivity index (χ0n) is 14.7. The third kappa shape index (κ3) is 3.28. The smallest absolute Gasteiger partial charge is 0.269 e. The second-order valence-corrected chi connectivity index (χ2v) is 6.05. The second kappa shape index (κ2) is 6.88. The van der Waals surface area contributed by atoms with E-state index in [9.17, 15) is 14.9 Å². The van der Waals surface area contributed by atoms with E-state index in [1.807, 2.05) is 43.3 Å². The lowest BCUT2D eigenvalue weighted by molar-refractivity contribution is -0.384. The summed E-state index contributed by atoms with van der Waals surface area (Å²) in [6.07, 6.45) is 0. The highest BCUT2D eigenvalue weighted by Crippen LogP contribution is 2.21. The van der Waals surface area contributed by atoms with Crippen LogP contribution >= 0.6 is 0 Å². The summed E-state index contributed by atoms with van der Waals surface area (Å²) in [6, 6.07) is 16.8. The standard InChI is InChI=1S/C19H14N6O3/c1-12-11-16(13-5-3-2-4-6-13)24-19(20-12)22-18(23-24)21-17(26)14-7-9-15(10-8-14)25(27)28/h2-11H,1H3,(H,21,23,26). The van der Waals surface area contributed by atoms with Crippen LogP contribution in [0.25, 0.3) is 17.0 Å². The number of amides is 1. The number of non-ortho nitro benzene ring substituents is 1. The topological polar surface area (TPSA) is 115 Å². The lowest BCUT2D eigenvalue weighted by Crippen LogP contribution is -2.13. The summed E-state index contributed by atoms with van der Waals surface area (Å²) in [5.74, 6) is -0.0136. The zero-order chi connectivity index (χ0) is 19.7.